The van der Waals surface area contributed by atoms with Gasteiger partial charge in [-0.25, -0.2) is 0 Å². The predicted molar refractivity (Wildman–Crippen MR) is 76.4 cm³/mol. The Kier molecular flexibility index (Phi) is 4.47. The highest BCUT2D eigenvalue weighted by atomic mass is 16.6. The van der Waals surface area contributed by atoms with Gasteiger partial charge in [-0.15, -0.1) is 0 Å². The molecule has 0 aliphatic carbocycles. The van der Waals surface area contributed by atoms with E-state index in [-0.39, 0.29) is 16.7 Å². The monoisotopic (exact) mass is 274 g/mol. The van der Waals surface area contributed by atoms with E-state index in [4.69, 9.17) is 5.73 Å². The van der Waals surface area contributed by atoms with Crippen molar-refractivity contribution >= 4 is 5.69 Å². The molecule has 0 fully saturated rings. The maximum Gasteiger partial charge on any atom is 0.272 e. The molecule has 1 atom stereocenters. The molecule has 0 amide bonds. The molecule has 20 heavy (non-hydrogen) atoms. The number of rotatable bonds is 6. The molecule has 0 saturated carbocycles. The van der Waals surface area contributed by atoms with Crippen molar-refractivity contribution in [1.29, 1.82) is 0 Å². The van der Waals surface area contributed by atoms with Crippen molar-refractivity contribution in [2.24, 2.45) is 5.73 Å². The van der Waals surface area contributed by atoms with Crippen LogP contribution >= 0.6 is 0 Å². The SMILES string of the molecule is CC(N)Cc1cnn(CCc2ccccc2[N+](=O)[O-])c1. The number of hydrogen-bond acceptors (Lipinski definition) is 4. The maximum atomic E-state index is 10.9. The largest absolute Gasteiger partial charge is 0.328 e. The van der Waals surface area contributed by atoms with E-state index in [0.29, 0.717) is 13.0 Å². The van der Waals surface area contributed by atoms with Crippen LogP contribution in [-0.2, 0) is 19.4 Å². The molecule has 2 rings (SSSR count). The smallest absolute Gasteiger partial charge is 0.272 e. The van der Waals surface area contributed by atoms with E-state index >= 15 is 0 Å². The third-order valence-electron chi connectivity index (χ3n) is 3.04. The van der Waals surface area contributed by atoms with Crippen LogP contribution in [0.3, 0.4) is 0 Å². The van der Waals surface area contributed by atoms with Crippen molar-refractivity contribution in [2.45, 2.75) is 32.4 Å². The molecular formula is C14H18N4O2. The highest BCUT2D eigenvalue weighted by Crippen LogP contribution is 2.18. The fourth-order valence-electron chi connectivity index (χ4n) is 2.14. The lowest BCUT2D eigenvalue weighted by molar-refractivity contribution is -0.385. The summed E-state index contributed by atoms with van der Waals surface area (Å²) in [5.41, 5.74) is 7.71. The first kappa shape index (κ1) is 14.2. The molecular weight excluding hydrogens is 256 g/mol. The molecule has 0 spiro atoms. The van der Waals surface area contributed by atoms with Gasteiger partial charge in [0.25, 0.3) is 5.69 Å². The topological polar surface area (TPSA) is 87.0 Å². The molecule has 0 aliphatic rings. The second kappa shape index (κ2) is 6.29. The van der Waals surface area contributed by atoms with Crippen molar-refractivity contribution in [3.8, 4) is 0 Å². The first-order valence-electron chi connectivity index (χ1n) is 6.55. The van der Waals surface area contributed by atoms with Crippen LogP contribution in [0.4, 0.5) is 5.69 Å². The molecule has 0 radical (unpaired) electrons. The van der Waals surface area contributed by atoms with Crippen LogP contribution < -0.4 is 5.73 Å². The summed E-state index contributed by atoms with van der Waals surface area (Å²) < 4.78 is 1.80. The Balaban J connectivity index is 2.02. The van der Waals surface area contributed by atoms with Crippen LogP contribution in [0.15, 0.2) is 36.7 Å². The van der Waals surface area contributed by atoms with Crippen molar-refractivity contribution in [2.75, 3.05) is 0 Å². The third kappa shape index (κ3) is 3.64. The van der Waals surface area contributed by atoms with Crippen LogP contribution in [0.1, 0.15) is 18.1 Å². The Morgan fingerprint density at radius 2 is 2.20 bits per heavy atom. The fourth-order valence-corrected chi connectivity index (χ4v) is 2.14. The highest BCUT2D eigenvalue weighted by Gasteiger charge is 2.12. The number of nitrogens with zero attached hydrogens (tertiary/aromatic N) is 3. The lowest BCUT2D eigenvalue weighted by Crippen LogP contribution is -2.17. The summed E-state index contributed by atoms with van der Waals surface area (Å²) in [4.78, 5) is 10.6. The van der Waals surface area contributed by atoms with Crippen LogP contribution in [0.2, 0.25) is 0 Å². The number of nitro groups is 1. The summed E-state index contributed by atoms with van der Waals surface area (Å²) in [5.74, 6) is 0. The van der Waals surface area contributed by atoms with Crippen molar-refractivity contribution in [3.63, 3.8) is 0 Å². The van der Waals surface area contributed by atoms with Crippen LogP contribution in [0.5, 0.6) is 0 Å². The minimum Gasteiger partial charge on any atom is -0.328 e. The summed E-state index contributed by atoms with van der Waals surface area (Å²) in [5, 5.41) is 15.2. The van der Waals surface area contributed by atoms with E-state index in [1.54, 1.807) is 23.0 Å². The summed E-state index contributed by atoms with van der Waals surface area (Å²) >= 11 is 0. The van der Waals surface area contributed by atoms with Gasteiger partial charge in [0.05, 0.1) is 11.1 Å². The van der Waals surface area contributed by atoms with Crippen LogP contribution in [0.25, 0.3) is 0 Å². The maximum absolute atomic E-state index is 10.9. The van der Waals surface area contributed by atoms with Crippen LogP contribution in [-0.4, -0.2) is 20.7 Å². The predicted octanol–water partition coefficient (Wildman–Crippen LogP) is 1.92. The molecule has 6 nitrogen and oxygen atoms in total. The molecule has 1 aromatic carbocycles. The summed E-state index contributed by atoms with van der Waals surface area (Å²) in [7, 11) is 0. The summed E-state index contributed by atoms with van der Waals surface area (Å²) in [6, 6.07) is 6.90. The zero-order valence-corrected chi connectivity index (χ0v) is 11.4. The average molecular weight is 274 g/mol. The van der Waals surface area contributed by atoms with Gasteiger partial charge in [-0.2, -0.15) is 5.10 Å². The lowest BCUT2D eigenvalue weighted by atomic mass is 10.1. The Bertz CT molecular complexity index is 592. The molecule has 1 aromatic heterocycles. The first-order chi connectivity index (χ1) is 9.56. The number of nitrogens with two attached hydrogens (primary N) is 1. The number of para-hydroxylation sites is 1. The summed E-state index contributed by atoms with van der Waals surface area (Å²) in [6.07, 6.45) is 5.10. The van der Waals surface area contributed by atoms with E-state index in [1.165, 1.54) is 6.07 Å². The molecule has 6 heteroatoms. The van der Waals surface area contributed by atoms with E-state index in [1.807, 2.05) is 19.2 Å². The lowest BCUT2D eigenvalue weighted by Gasteiger charge is -2.03. The Morgan fingerprint density at radius 3 is 2.90 bits per heavy atom. The van der Waals surface area contributed by atoms with E-state index in [2.05, 4.69) is 5.10 Å². The minimum absolute atomic E-state index is 0.0999. The van der Waals surface area contributed by atoms with Gasteiger partial charge in [0, 0.05) is 30.4 Å². The Labute approximate surface area is 117 Å². The highest BCUT2D eigenvalue weighted by molar-refractivity contribution is 5.39. The van der Waals surface area contributed by atoms with E-state index < -0.39 is 0 Å². The Hall–Kier alpha value is -2.21. The number of benzene rings is 1. The van der Waals surface area contributed by atoms with E-state index in [9.17, 15) is 10.1 Å². The number of aromatic nitrogens is 2. The van der Waals surface area contributed by atoms with Crippen molar-refractivity contribution in [3.05, 3.63) is 57.9 Å². The molecule has 2 N–H and O–H groups in total. The standard InChI is InChI=1S/C14H18N4O2/c1-11(15)8-12-9-16-17(10-12)7-6-13-4-2-3-5-14(13)18(19)20/h2-5,9-11H,6-8,15H2,1H3. The van der Waals surface area contributed by atoms with Gasteiger partial charge >= 0.3 is 0 Å². The molecule has 2 aromatic rings. The molecule has 1 heterocycles. The van der Waals surface area contributed by atoms with E-state index in [0.717, 1.165) is 17.5 Å². The van der Waals surface area contributed by atoms with Gasteiger partial charge in [0.1, 0.15) is 0 Å². The van der Waals surface area contributed by atoms with Gasteiger partial charge < -0.3 is 5.73 Å². The normalized spacial score (nSPS) is 12.3. The molecule has 0 saturated heterocycles. The number of hydrogen-bond donors (Lipinski definition) is 1. The molecule has 0 aliphatic heterocycles. The molecule has 106 valence electrons. The van der Waals surface area contributed by atoms with Gasteiger partial charge in [-0.3, -0.25) is 14.8 Å². The van der Waals surface area contributed by atoms with Gasteiger partial charge in [0.15, 0.2) is 0 Å². The number of aryl methyl sites for hydroxylation is 2. The minimum atomic E-state index is -0.347. The van der Waals surface area contributed by atoms with Crippen molar-refractivity contribution < 1.29 is 4.92 Å². The number of nitro benzene ring substituents is 1. The second-order valence-electron chi connectivity index (χ2n) is 4.93. The quantitative estimate of drug-likeness (QED) is 0.644. The van der Waals surface area contributed by atoms with Gasteiger partial charge in [0.2, 0.25) is 0 Å². The molecule has 1 unspecified atom stereocenters. The molecule has 0 bridgehead atoms. The average Bonchev–Trinajstić information content (AvgIpc) is 2.83. The van der Waals surface area contributed by atoms with Crippen molar-refractivity contribution in [1.82, 2.24) is 9.78 Å². The zero-order chi connectivity index (χ0) is 14.5. The van der Waals surface area contributed by atoms with Crippen LogP contribution in [0, 0.1) is 10.1 Å². The third-order valence-corrected chi connectivity index (χ3v) is 3.04. The zero-order valence-electron chi connectivity index (χ0n) is 11.4. The second-order valence-corrected chi connectivity index (χ2v) is 4.93. The summed E-state index contributed by atoms with van der Waals surface area (Å²) in [6.45, 7) is 2.56. The van der Waals surface area contributed by atoms with Gasteiger partial charge in [-0.05, 0) is 25.3 Å². The van der Waals surface area contributed by atoms with Gasteiger partial charge in [-0.1, -0.05) is 18.2 Å². The Morgan fingerprint density at radius 1 is 1.45 bits per heavy atom. The fraction of sp³-hybridized carbons (Fsp3) is 0.357. The first-order valence-corrected chi connectivity index (χ1v) is 6.55.